The summed E-state index contributed by atoms with van der Waals surface area (Å²) >= 11 is 3.52. The van der Waals surface area contributed by atoms with Gasteiger partial charge in [0.25, 0.3) is 0 Å². The van der Waals surface area contributed by atoms with Crippen molar-refractivity contribution in [2.24, 2.45) is 0 Å². The third-order valence-electron chi connectivity index (χ3n) is 1.54. The minimum Gasteiger partial charge on any atom is -0.262 e. The molecule has 0 aliphatic heterocycles. The Bertz CT molecular complexity index is 427. The molecule has 0 aromatic carbocycles. The van der Waals surface area contributed by atoms with Crippen LogP contribution in [0.3, 0.4) is 0 Å². The van der Waals surface area contributed by atoms with Crippen LogP contribution in [0.5, 0.6) is 0 Å². The third-order valence-corrected chi connectivity index (χ3v) is 3.12. The second kappa shape index (κ2) is 3.67. The molecule has 2 aromatic heterocycles. The van der Waals surface area contributed by atoms with E-state index in [0.29, 0.717) is 0 Å². The molecule has 0 spiro atoms. The molecule has 2 rings (SSSR count). The summed E-state index contributed by atoms with van der Waals surface area (Å²) in [5.74, 6) is 0. The predicted octanol–water partition coefficient (Wildman–Crippen LogP) is 2.51. The number of rotatable bonds is 1. The number of nitrogens with zero attached hydrogens (tertiary/aromatic N) is 3. The van der Waals surface area contributed by atoms with Crippen LogP contribution in [0.2, 0.25) is 0 Å². The molecule has 0 amide bonds. The van der Waals surface area contributed by atoms with Gasteiger partial charge >= 0.3 is 0 Å². The molecular formula is C8H6IN3S. The first-order chi connectivity index (χ1) is 6.25. The fourth-order valence-electron chi connectivity index (χ4n) is 1.00. The molecule has 2 aromatic rings. The van der Waals surface area contributed by atoms with Crippen LogP contribution in [-0.4, -0.2) is 14.3 Å². The Balaban J connectivity index is 2.46. The lowest BCUT2D eigenvalue weighted by Gasteiger charge is -1.95. The Hall–Kier alpha value is -0.560. The van der Waals surface area contributed by atoms with Gasteiger partial charge in [0.15, 0.2) is 0 Å². The molecule has 0 radical (unpaired) electrons. The van der Waals surface area contributed by atoms with Gasteiger partial charge in [0.2, 0.25) is 3.83 Å². The zero-order valence-electron chi connectivity index (χ0n) is 6.86. The standard InChI is InChI=1S/C8H6IN3S/c1-5-4-6(2-3-10-5)7-11-8(9)12-13-7/h2-4H,1H3. The zero-order valence-corrected chi connectivity index (χ0v) is 9.83. The quantitative estimate of drug-likeness (QED) is 0.760. The van der Waals surface area contributed by atoms with Crippen LogP contribution in [0, 0.1) is 10.8 Å². The smallest absolute Gasteiger partial charge is 0.203 e. The van der Waals surface area contributed by atoms with Gasteiger partial charge in [-0.1, -0.05) is 0 Å². The second-order valence-corrected chi connectivity index (χ2v) is 4.27. The van der Waals surface area contributed by atoms with E-state index in [1.165, 1.54) is 11.5 Å². The lowest BCUT2D eigenvalue weighted by atomic mass is 10.2. The maximum absolute atomic E-state index is 4.29. The van der Waals surface area contributed by atoms with Crippen molar-refractivity contribution < 1.29 is 0 Å². The van der Waals surface area contributed by atoms with E-state index < -0.39 is 0 Å². The molecule has 0 unspecified atom stereocenters. The van der Waals surface area contributed by atoms with E-state index in [9.17, 15) is 0 Å². The monoisotopic (exact) mass is 303 g/mol. The highest BCUT2D eigenvalue weighted by Crippen LogP contribution is 2.21. The Morgan fingerprint density at radius 2 is 2.31 bits per heavy atom. The van der Waals surface area contributed by atoms with Crippen LogP contribution in [0.1, 0.15) is 5.69 Å². The van der Waals surface area contributed by atoms with Gasteiger partial charge in [0, 0.05) is 40.0 Å². The minimum atomic E-state index is 0.798. The van der Waals surface area contributed by atoms with E-state index in [1.54, 1.807) is 6.20 Å². The molecule has 0 fully saturated rings. The van der Waals surface area contributed by atoms with Gasteiger partial charge in [-0.15, -0.1) is 0 Å². The SMILES string of the molecule is Cc1cc(-c2nc(I)ns2)ccn1. The van der Waals surface area contributed by atoms with Crippen LogP contribution >= 0.6 is 34.1 Å². The Labute approximate surface area is 93.6 Å². The zero-order chi connectivity index (χ0) is 9.26. The van der Waals surface area contributed by atoms with Crippen LogP contribution in [-0.2, 0) is 0 Å². The van der Waals surface area contributed by atoms with Crippen molar-refractivity contribution in [3.63, 3.8) is 0 Å². The maximum Gasteiger partial charge on any atom is 0.203 e. The van der Waals surface area contributed by atoms with E-state index in [1.807, 2.05) is 19.1 Å². The second-order valence-electron chi connectivity index (χ2n) is 2.55. The van der Waals surface area contributed by atoms with E-state index in [2.05, 4.69) is 36.9 Å². The van der Waals surface area contributed by atoms with Crippen molar-refractivity contribution in [2.45, 2.75) is 6.92 Å². The number of hydrogen-bond donors (Lipinski definition) is 0. The van der Waals surface area contributed by atoms with Gasteiger partial charge < -0.3 is 0 Å². The molecule has 0 saturated carbocycles. The summed E-state index contributed by atoms with van der Waals surface area (Å²) in [4.78, 5) is 8.42. The summed E-state index contributed by atoms with van der Waals surface area (Å²) < 4.78 is 4.92. The lowest BCUT2D eigenvalue weighted by molar-refractivity contribution is 1.19. The van der Waals surface area contributed by atoms with Gasteiger partial charge in [0.05, 0.1) is 0 Å². The van der Waals surface area contributed by atoms with Gasteiger partial charge in [-0.2, -0.15) is 4.37 Å². The number of aromatic nitrogens is 3. The summed E-state index contributed by atoms with van der Waals surface area (Å²) in [5.41, 5.74) is 2.09. The molecule has 0 aliphatic rings. The molecule has 13 heavy (non-hydrogen) atoms. The van der Waals surface area contributed by atoms with Crippen molar-refractivity contribution in [2.75, 3.05) is 0 Å². The molecule has 0 bridgehead atoms. The number of aryl methyl sites for hydroxylation is 1. The van der Waals surface area contributed by atoms with E-state index in [-0.39, 0.29) is 0 Å². The first kappa shape index (κ1) is 9.01. The molecule has 5 heteroatoms. The lowest BCUT2D eigenvalue weighted by Crippen LogP contribution is -1.82. The van der Waals surface area contributed by atoms with Gasteiger partial charge in [-0.3, -0.25) is 4.98 Å². The molecule has 0 N–H and O–H groups in total. The summed E-state index contributed by atoms with van der Waals surface area (Å²) in [7, 11) is 0. The highest BCUT2D eigenvalue weighted by atomic mass is 127. The van der Waals surface area contributed by atoms with Crippen molar-refractivity contribution in [1.82, 2.24) is 14.3 Å². The Morgan fingerprint density at radius 3 is 2.92 bits per heavy atom. The molecule has 0 saturated heterocycles. The largest absolute Gasteiger partial charge is 0.262 e. The number of halogens is 1. The van der Waals surface area contributed by atoms with Crippen molar-refractivity contribution in [3.05, 3.63) is 27.9 Å². The fraction of sp³-hybridized carbons (Fsp3) is 0.125. The average molecular weight is 303 g/mol. The van der Waals surface area contributed by atoms with E-state index in [0.717, 1.165) is 20.1 Å². The van der Waals surface area contributed by atoms with Gasteiger partial charge in [0.1, 0.15) is 5.01 Å². The van der Waals surface area contributed by atoms with Crippen LogP contribution < -0.4 is 0 Å². The molecule has 0 atom stereocenters. The molecule has 66 valence electrons. The third kappa shape index (κ3) is 2.02. The summed E-state index contributed by atoms with van der Waals surface area (Å²) in [5, 5.41) is 0.954. The maximum atomic E-state index is 4.29. The van der Waals surface area contributed by atoms with E-state index in [4.69, 9.17) is 0 Å². The summed E-state index contributed by atoms with van der Waals surface area (Å²) in [6.07, 6.45) is 1.79. The molecular weight excluding hydrogens is 297 g/mol. The van der Waals surface area contributed by atoms with Crippen molar-refractivity contribution >= 4 is 34.1 Å². The minimum absolute atomic E-state index is 0.798. The topological polar surface area (TPSA) is 38.7 Å². The normalized spacial score (nSPS) is 10.3. The van der Waals surface area contributed by atoms with Crippen molar-refractivity contribution in [3.8, 4) is 10.6 Å². The highest BCUT2D eigenvalue weighted by molar-refractivity contribution is 14.1. The summed E-state index contributed by atoms with van der Waals surface area (Å²) in [6, 6.07) is 3.96. The van der Waals surface area contributed by atoms with Crippen LogP contribution in [0.15, 0.2) is 18.3 Å². The first-order valence-corrected chi connectivity index (χ1v) is 5.53. The van der Waals surface area contributed by atoms with Crippen molar-refractivity contribution in [1.29, 1.82) is 0 Å². The molecule has 3 nitrogen and oxygen atoms in total. The van der Waals surface area contributed by atoms with E-state index >= 15 is 0 Å². The number of hydrogen-bond acceptors (Lipinski definition) is 4. The van der Waals surface area contributed by atoms with Gasteiger partial charge in [-0.25, -0.2) is 4.98 Å². The Kier molecular flexibility index (Phi) is 2.54. The summed E-state index contributed by atoms with van der Waals surface area (Å²) in [6.45, 7) is 1.97. The number of pyridine rings is 1. The van der Waals surface area contributed by atoms with Crippen LogP contribution in [0.4, 0.5) is 0 Å². The van der Waals surface area contributed by atoms with Gasteiger partial charge in [-0.05, 0) is 30.6 Å². The first-order valence-electron chi connectivity index (χ1n) is 3.68. The average Bonchev–Trinajstić information content (AvgIpc) is 2.52. The fourth-order valence-corrected chi connectivity index (χ4v) is 2.26. The van der Waals surface area contributed by atoms with Crippen LogP contribution in [0.25, 0.3) is 10.6 Å². The molecule has 2 heterocycles. The predicted molar refractivity (Wildman–Crippen MR) is 60.6 cm³/mol. The highest BCUT2D eigenvalue weighted by Gasteiger charge is 2.03. The Morgan fingerprint density at radius 1 is 1.46 bits per heavy atom. The molecule has 0 aliphatic carbocycles.